The van der Waals surface area contributed by atoms with E-state index in [1.807, 2.05) is 54.6 Å². The molecular formula is C16H16N2O2. The summed E-state index contributed by atoms with van der Waals surface area (Å²) in [5.74, 6) is 0.714. The fourth-order valence-electron chi connectivity index (χ4n) is 2.57. The standard InChI is InChI=1S/C16H16N2O2/c1-20-13-9-5-6-11(10-13)15-14(17)16(19)18(15)12-7-3-2-4-8-12/h2-10,14-15H,17H2,1H3/t14-,15+/m1/s1. The van der Waals surface area contributed by atoms with E-state index in [4.69, 9.17) is 10.5 Å². The summed E-state index contributed by atoms with van der Waals surface area (Å²) in [5.41, 5.74) is 7.84. The van der Waals surface area contributed by atoms with Gasteiger partial charge in [0.25, 0.3) is 0 Å². The minimum atomic E-state index is -0.498. The molecule has 1 fully saturated rings. The SMILES string of the molecule is COc1cccc([C@H]2[C@@H](N)C(=O)N2c2ccccc2)c1. The van der Waals surface area contributed by atoms with Crippen molar-refractivity contribution in [3.8, 4) is 5.75 Å². The zero-order valence-corrected chi connectivity index (χ0v) is 11.2. The summed E-state index contributed by atoms with van der Waals surface area (Å²) < 4.78 is 5.23. The molecule has 4 nitrogen and oxygen atoms in total. The fourth-order valence-corrected chi connectivity index (χ4v) is 2.57. The summed E-state index contributed by atoms with van der Waals surface area (Å²) in [6.07, 6.45) is 0. The average Bonchev–Trinajstić information content (AvgIpc) is 2.52. The number of carbonyl (C=O) groups is 1. The number of carbonyl (C=O) groups excluding carboxylic acids is 1. The van der Waals surface area contributed by atoms with Crippen molar-refractivity contribution in [2.75, 3.05) is 12.0 Å². The Balaban J connectivity index is 1.97. The molecule has 102 valence electrons. The molecule has 0 bridgehead atoms. The molecule has 0 aliphatic carbocycles. The number of nitrogens with zero attached hydrogens (tertiary/aromatic N) is 1. The Morgan fingerprint density at radius 2 is 1.85 bits per heavy atom. The van der Waals surface area contributed by atoms with Crippen LogP contribution in [0.4, 0.5) is 5.69 Å². The number of benzene rings is 2. The van der Waals surface area contributed by atoms with Gasteiger partial charge in [-0.25, -0.2) is 0 Å². The monoisotopic (exact) mass is 268 g/mol. The van der Waals surface area contributed by atoms with Crippen LogP contribution in [0.3, 0.4) is 0 Å². The van der Waals surface area contributed by atoms with Crippen molar-refractivity contribution < 1.29 is 9.53 Å². The molecule has 0 spiro atoms. The molecule has 0 aromatic heterocycles. The van der Waals surface area contributed by atoms with Crippen molar-refractivity contribution in [3.05, 3.63) is 60.2 Å². The van der Waals surface area contributed by atoms with Gasteiger partial charge in [-0.05, 0) is 29.8 Å². The van der Waals surface area contributed by atoms with Crippen LogP contribution in [0.2, 0.25) is 0 Å². The highest BCUT2D eigenvalue weighted by molar-refractivity contribution is 6.05. The van der Waals surface area contributed by atoms with Gasteiger partial charge in [0.05, 0.1) is 13.2 Å². The van der Waals surface area contributed by atoms with Crippen molar-refractivity contribution >= 4 is 11.6 Å². The van der Waals surface area contributed by atoms with E-state index >= 15 is 0 Å². The van der Waals surface area contributed by atoms with Crippen LogP contribution >= 0.6 is 0 Å². The molecule has 1 heterocycles. The van der Waals surface area contributed by atoms with E-state index in [2.05, 4.69) is 0 Å². The smallest absolute Gasteiger partial charge is 0.247 e. The predicted octanol–water partition coefficient (Wildman–Crippen LogP) is 2.11. The minimum Gasteiger partial charge on any atom is -0.497 e. The Bertz CT molecular complexity index is 627. The van der Waals surface area contributed by atoms with Crippen molar-refractivity contribution in [2.45, 2.75) is 12.1 Å². The van der Waals surface area contributed by atoms with E-state index in [0.717, 1.165) is 17.0 Å². The molecule has 2 aromatic carbocycles. The first-order valence-corrected chi connectivity index (χ1v) is 6.50. The van der Waals surface area contributed by atoms with Crippen LogP contribution in [0.25, 0.3) is 0 Å². The molecule has 2 atom stereocenters. The topological polar surface area (TPSA) is 55.6 Å². The second-order valence-corrected chi connectivity index (χ2v) is 4.79. The van der Waals surface area contributed by atoms with Gasteiger partial charge in [-0.3, -0.25) is 4.79 Å². The Kier molecular flexibility index (Phi) is 3.16. The Morgan fingerprint density at radius 1 is 1.10 bits per heavy atom. The molecule has 3 rings (SSSR count). The number of anilines is 1. The van der Waals surface area contributed by atoms with Crippen LogP contribution in [0.1, 0.15) is 11.6 Å². The van der Waals surface area contributed by atoms with Gasteiger partial charge in [0.2, 0.25) is 5.91 Å². The molecule has 1 aliphatic rings. The van der Waals surface area contributed by atoms with Crippen molar-refractivity contribution in [1.82, 2.24) is 0 Å². The van der Waals surface area contributed by atoms with Crippen molar-refractivity contribution in [3.63, 3.8) is 0 Å². The molecule has 0 unspecified atom stereocenters. The van der Waals surface area contributed by atoms with Crippen molar-refractivity contribution in [1.29, 1.82) is 0 Å². The molecular weight excluding hydrogens is 252 g/mol. The van der Waals surface area contributed by atoms with E-state index in [1.54, 1.807) is 12.0 Å². The third kappa shape index (κ3) is 1.94. The van der Waals surface area contributed by atoms with Gasteiger partial charge in [0, 0.05) is 5.69 Å². The van der Waals surface area contributed by atoms with E-state index in [9.17, 15) is 4.79 Å². The molecule has 1 aliphatic heterocycles. The lowest BCUT2D eigenvalue weighted by molar-refractivity contribution is -0.126. The van der Waals surface area contributed by atoms with Crippen LogP contribution in [-0.4, -0.2) is 19.1 Å². The summed E-state index contributed by atoms with van der Waals surface area (Å²) in [6, 6.07) is 16.6. The van der Waals surface area contributed by atoms with E-state index in [-0.39, 0.29) is 11.9 Å². The van der Waals surface area contributed by atoms with Gasteiger partial charge < -0.3 is 15.4 Å². The number of amides is 1. The summed E-state index contributed by atoms with van der Waals surface area (Å²) in [5, 5.41) is 0. The molecule has 0 radical (unpaired) electrons. The van der Waals surface area contributed by atoms with Gasteiger partial charge in [-0.15, -0.1) is 0 Å². The third-order valence-electron chi connectivity index (χ3n) is 3.61. The van der Waals surface area contributed by atoms with Crippen LogP contribution in [0.5, 0.6) is 5.75 Å². The number of hydrogen-bond donors (Lipinski definition) is 1. The molecule has 2 aromatic rings. The first-order chi connectivity index (χ1) is 9.72. The van der Waals surface area contributed by atoms with Crippen molar-refractivity contribution in [2.24, 2.45) is 5.73 Å². The molecule has 1 saturated heterocycles. The van der Waals surface area contributed by atoms with E-state index in [1.165, 1.54) is 0 Å². The Labute approximate surface area is 117 Å². The molecule has 1 amide bonds. The lowest BCUT2D eigenvalue weighted by Crippen LogP contribution is -2.63. The maximum absolute atomic E-state index is 12.1. The van der Waals surface area contributed by atoms with Crippen LogP contribution in [-0.2, 0) is 4.79 Å². The number of hydrogen-bond acceptors (Lipinski definition) is 3. The van der Waals surface area contributed by atoms with E-state index in [0.29, 0.717) is 0 Å². The molecule has 20 heavy (non-hydrogen) atoms. The number of ether oxygens (including phenoxy) is 1. The lowest BCUT2D eigenvalue weighted by Gasteiger charge is -2.45. The largest absolute Gasteiger partial charge is 0.497 e. The molecule has 0 saturated carbocycles. The first-order valence-electron chi connectivity index (χ1n) is 6.50. The van der Waals surface area contributed by atoms with Gasteiger partial charge >= 0.3 is 0 Å². The van der Waals surface area contributed by atoms with Crippen LogP contribution < -0.4 is 15.4 Å². The van der Waals surface area contributed by atoms with Gasteiger partial charge in [-0.1, -0.05) is 30.3 Å². The second-order valence-electron chi connectivity index (χ2n) is 4.79. The number of para-hydroxylation sites is 1. The Hall–Kier alpha value is -2.33. The van der Waals surface area contributed by atoms with Crippen LogP contribution in [0, 0.1) is 0 Å². The fraction of sp³-hybridized carbons (Fsp3) is 0.188. The third-order valence-corrected chi connectivity index (χ3v) is 3.61. The first kappa shape index (κ1) is 12.7. The highest BCUT2D eigenvalue weighted by Gasteiger charge is 2.46. The zero-order chi connectivity index (χ0) is 14.1. The van der Waals surface area contributed by atoms with E-state index < -0.39 is 6.04 Å². The molecule has 2 N–H and O–H groups in total. The minimum absolute atomic E-state index is 0.0518. The van der Waals surface area contributed by atoms with Gasteiger partial charge in [-0.2, -0.15) is 0 Å². The average molecular weight is 268 g/mol. The number of methoxy groups -OCH3 is 1. The maximum atomic E-state index is 12.1. The van der Waals surface area contributed by atoms with Gasteiger partial charge in [0.15, 0.2) is 0 Å². The number of rotatable bonds is 3. The summed E-state index contributed by atoms with van der Waals surface area (Å²) in [4.78, 5) is 13.8. The highest BCUT2D eigenvalue weighted by atomic mass is 16.5. The zero-order valence-electron chi connectivity index (χ0n) is 11.2. The maximum Gasteiger partial charge on any atom is 0.247 e. The quantitative estimate of drug-likeness (QED) is 0.867. The Morgan fingerprint density at radius 3 is 2.55 bits per heavy atom. The predicted molar refractivity (Wildman–Crippen MR) is 77.6 cm³/mol. The second kappa shape index (κ2) is 4.98. The summed E-state index contributed by atoms with van der Waals surface area (Å²) >= 11 is 0. The van der Waals surface area contributed by atoms with Crippen LogP contribution in [0.15, 0.2) is 54.6 Å². The van der Waals surface area contributed by atoms with Gasteiger partial charge in [0.1, 0.15) is 11.8 Å². The normalized spacial score (nSPS) is 21.5. The number of β-lactam (4-membered cyclic amide) rings is 1. The summed E-state index contributed by atoms with van der Waals surface area (Å²) in [6.45, 7) is 0. The summed E-state index contributed by atoms with van der Waals surface area (Å²) in [7, 11) is 1.62. The highest BCUT2D eigenvalue weighted by Crippen LogP contribution is 2.38. The molecule has 4 heteroatoms. The number of nitrogens with two attached hydrogens (primary N) is 1. The lowest BCUT2D eigenvalue weighted by atomic mass is 9.88.